The number of benzene rings is 1. The molecular formula is C24H30N6O3S. The minimum atomic E-state index is -0.295. The maximum Gasteiger partial charge on any atom is 0.273 e. The Kier molecular flexibility index (Phi) is 7.26. The number of aromatic nitrogens is 3. The standard InChI is InChI=1S/C24H30N6O3S/c1-4-9-25-22(32)17-6-5-10-29(12-17)24-28-21-20(34-24)23(33)30(14-26-21)13-19(31)27-18-8-7-15(2)11-16(18)3/h7-8,11,14,17H,4-6,9-10,12-13H2,1-3H3,(H,25,32)(H,27,31). The highest BCUT2D eigenvalue weighted by Crippen LogP contribution is 2.29. The molecule has 4 rings (SSSR count). The Labute approximate surface area is 202 Å². The van der Waals surface area contributed by atoms with Gasteiger partial charge in [0.25, 0.3) is 5.56 Å². The van der Waals surface area contributed by atoms with E-state index >= 15 is 0 Å². The number of hydrogen-bond acceptors (Lipinski definition) is 7. The Morgan fingerprint density at radius 1 is 1.26 bits per heavy atom. The van der Waals surface area contributed by atoms with Gasteiger partial charge >= 0.3 is 0 Å². The van der Waals surface area contributed by atoms with Gasteiger partial charge in [-0.3, -0.25) is 19.0 Å². The van der Waals surface area contributed by atoms with E-state index in [9.17, 15) is 14.4 Å². The van der Waals surface area contributed by atoms with Gasteiger partial charge in [0.15, 0.2) is 10.8 Å². The van der Waals surface area contributed by atoms with E-state index in [4.69, 9.17) is 0 Å². The number of fused-ring (bicyclic) bond motifs is 1. The molecule has 2 aromatic heterocycles. The number of aryl methyl sites for hydroxylation is 2. The number of carbonyl (C=O) groups excluding carboxylic acids is 2. The molecule has 180 valence electrons. The first kappa shape index (κ1) is 23.9. The molecule has 1 aliphatic rings. The summed E-state index contributed by atoms with van der Waals surface area (Å²) in [6.45, 7) is 7.85. The molecule has 0 spiro atoms. The van der Waals surface area contributed by atoms with Gasteiger partial charge in [-0.15, -0.1) is 0 Å². The zero-order chi connectivity index (χ0) is 24.2. The van der Waals surface area contributed by atoms with Crippen molar-refractivity contribution in [3.05, 3.63) is 46.0 Å². The molecule has 1 unspecified atom stereocenters. The minimum absolute atomic E-state index is 0.0722. The summed E-state index contributed by atoms with van der Waals surface area (Å²) < 4.78 is 1.72. The molecule has 1 atom stereocenters. The average Bonchev–Trinajstić information content (AvgIpc) is 3.26. The minimum Gasteiger partial charge on any atom is -0.356 e. The van der Waals surface area contributed by atoms with Crippen LogP contribution in [0.25, 0.3) is 10.3 Å². The van der Waals surface area contributed by atoms with E-state index in [0.29, 0.717) is 28.6 Å². The average molecular weight is 483 g/mol. The second-order valence-electron chi connectivity index (χ2n) is 8.77. The van der Waals surface area contributed by atoms with Crippen LogP contribution >= 0.6 is 11.3 Å². The van der Waals surface area contributed by atoms with E-state index in [2.05, 4.69) is 25.5 Å². The van der Waals surface area contributed by atoms with Gasteiger partial charge in [-0.25, -0.2) is 4.98 Å². The fraction of sp³-hybridized carbons (Fsp3) is 0.458. The van der Waals surface area contributed by atoms with Gasteiger partial charge in [-0.05, 0) is 44.7 Å². The summed E-state index contributed by atoms with van der Waals surface area (Å²) >= 11 is 1.27. The lowest BCUT2D eigenvalue weighted by Crippen LogP contribution is -2.43. The second kappa shape index (κ2) is 10.3. The summed E-state index contributed by atoms with van der Waals surface area (Å²) in [5.74, 6) is -0.314. The van der Waals surface area contributed by atoms with Gasteiger partial charge in [-0.1, -0.05) is 36.0 Å². The van der Waals surface area contributed by atoms with Crippen molar-refractivity contribution in [2.75, 3.05) is 29.9 Å². The second-order valence-corrected chi connectivity index (χ2v) is 9.75. The van der Waals surface area contributed by atoms with Crippen LogP contribution in [0.4, 0.5) is 10.8 Å². The molecule has 0 radical (unpaired) electrons. The molecule has 3 heterocycles. The largest absolute Gasteiger partial charge is 0.356 e. The van der Waals surface area contributed by atoms with Crippen molar-refractivity contribution in [2.45, 2.75) is 46.6 Å². The molecule has 1 aromatic carbocycles. The normalized spacial score (nSPS) is 16.0. The van der Waals surface area contributed by atoms with E-state index in [1.165, 1.54) is 22.2 Å². The van der Waals surface area contributed by atoms with Crippen LogP contribution in [0.5, 0.6) is 0 Å². The number of amides is 2. The van der Waals surface area contributed by atoms with Crippen molar-refractivity contribution < 1.29 is 9.59 Å². The van der Waals surface area contributed by atoms with Crippen LogP contribution in [-0.2, 0) is 16.1 Å². The number of nitrogens with one attached hydrogen (secondary N) is 2. The van der Waals surface area contributed by atoms with Crippen molar-refractivity contribution in [2.24, 2.45) is 5.92 Å². The summed E-state index contributed by atoms with van der Waals surface area (Å²) in [5, 5.41) is 6.52. The van der Waals surface area contributed by atoms with Crippen molar-refractivity contribution in [1.29, 1.82) is 0 Å². The molecule has 2 amide bonds. The SMILES string of the molecule is CCCNC(=O)C1CCCN(c2nc3ncn(CC(=O)Nc4ccc(C)cc4C)c(=O)c3s2)C1. The summed E-state index contributed by atoms with van der Waals surface area (Å²) in [6.07, 6.45) is 4.00. The first-order valence-electron chi connectivity index (χ1n) is 11.6. The predicted octanol–water partition coefficient (Wildman–Crippen LogP) is 2.85. The van der Waals surface area contributed by atoms with Gasteiger partial charge in [0.05, 0.1) is 5.92 Å². The van der Waals surface area contributed by atoms with Gasteiger partial charge in [-0.2, -0.15) is 4.98 Å². The topological polar surface area (TPSA) is 109 Å². The van der Waals surface area contributed by atoms with E-state index in [1.54, 1.807) is 0 Å². The van der Waals surface area contributed by atoms with Gasteiger partial charge in [0.1, 0.15) is 17.6 Å². The van der Waals surface area contributed by atoms with Crippen LogP contribution in [0.3, 0.4) is 0 Å². The quantitative estimate of drug-likeness (QED) is 0.536. The molecule has 2 N–H and O–H groups in total. The maximum absolute atomic E-state index is 13.0. The molecule has 34 heavy (non-hydrogen) atoms. The first-order chi connectivity index (χ1) is 16.4. The summed E-state index contributed by atoms with van der Waals surface area (Å²) in [7, 11) is 0. The molecule has 0 saturated carbocycles. The predicted molar refractivity (Wildman–Crippen MR) is 134 cm³/mol. The number of thiazole rings is 1. The van der Waals surface area contributed by atoms with Crippen molar-refractivity contribution in [3.63, 3.8) is 0 Å². The van der Waals surface area contributed by atoms with Crippen LogP contribution in [0.15, 0.2) is 29.3 Å². The van der Waals surface area contributed by atoms with E-state index in [1.807, 2.05) is 39.0 Å². The van der Waals surface area contributed by atoms with Gasteiger partial charge in [0.2, 0.25) is 11.8 Å². The number of hydrogen-bond donors (Lipinski definition) is 2. The monoisotopic (exact) mass is 482 g/mol. The number of piperidine rings is 1. The molecular weight excluding hydrogens is 452 g/mol. The van der Waals surface area contributed by atoms with Gasteiger partial charge in [0, 0.05) is 25.3 Å². The Morgan fingerprint density at radius 2 is 2.09 bits per heavy atom. The third-order valence-corrected chi connectivity index (χ3v) is 7.05. The van der Waals surface area contributed by atoms with Crippen LogP contribution in [-0.4, -0.2) is 46.0 Å². The molecule has 0 bridgehead atoms. The fourth-order valence-corrected chi connectivity index (χ4v) is 5.14. The van der Waals surface area contributed by atoms with E-state index in [-0.39, 0.29) is 29.8 Å². The number of carbonyl (C=O) groups is 2. The van der Waals surface area contributed by atoms with Crippen molar-refractivity contribution >= 4 is 44.3 Å². The highest BCUT2D eigenvalue weighted by atomic mass is 32.1. The molecule has 1 saturated heterocycles. The highest BCUT2D eigenvalue weighted by Gasteiger charge is 2.27. The fourth-order valence-electron chi connectivity index (χ4n) is 4.14. The lowest BCUT2D eigenvalue weighted by Gasteiger charge is -2.31. The van der Waals surface area contributed by atoms with E-state index < -0.39 is 0 Å². The Hall–Kier alpha value is -3.27. The summed E-state index contributed by atoms with van der Waals surface area (Å²) in [6, 6.07) is 5.78. The molecule has 3 aromatic rings. The smallest absolute Gasteiger partial charge is 0.273 e. The number of anilines is 2. The Balaban J connectivity index is 1.48. The summed E-state index contributed by atoms with van der Waals surface area (Å²) in [5.41, 5.74) is 2.88. The van der Waals surface area contributed by atoms with E-state index in [0.717, 1.165) is 42.6 Å². The third kappa shape index (κ3) is 5.27. The molecule has 9 nitrogen and oxygen atoms in total. The molecule has 1 fully saturated rings. The molecule has 0 aliphatic carbocycles. The zero-order valence-corrected chi connectivity index (χ0v) is 20.6. The van der Waals surface area contributed by atoms with Crippen LogP contribution in [0, 0.1) is 19.8 Å². The Morgan fingerprint density at radius 3 is 2.85 bits per heavy atom. The van der Waals surface area contributed by atoms with Crippen LogP contribution in [0.1, 0.15) is 37.3 Å². The molecule has 1 aliphatic heterocycles. The molecule has 10 heteroatoms. The van der Waals surface area contributed by atoms with Crippen LogP contribution < -0.4 is 21.1 Å². The Bertz CT molecular complexity index is 1270. The zero-order valence-electron chi connectivity index (χ0n) is 19.8. The maximum atomic E-state index is 13.0. The van der Waals surface area contributed by atoms with Crippen molar-refractivity contribution in [1.82, 2.24) is 19.9 Å². The summed E-state index contributed by atoms with van der Waals surface area (Å²) in [4.78, 5) is 49.0. The number of nitrogens with zero attached hydrogens (tertiary/aromatic N) is 4. The third-order valence-electron chi connectivity index (χ3n) is 5.95. The van der Waals surface area contributed by atoms with Crippen molar-refractivity contribution in [3.8, 4) is 0 Å². The first-order valence-corrected chi connectivity index (χ1v) is 12.4. The van der Waals surface area contributed by atoms with Gasteiger partial charge < -0.3 is 15.5 Å². The lowest BCUT2D eigenvalue weighted by atomic mass is 9.97. The highest BCUT2D eigenvalue weighted by molar-refractivity contribution is 7.22. The lowest BCUT2D eigenvalue weighted by molar-refractivity contribution is -0.125. The van der Waals surface area contributed by atoms with Crippen LogP contribution in [0.2, 0.25) is 0 Å². The number of rotatable bonds is 7.